The van der Waals surface area contributed by atoms with Crippen LogP contribution in [0.5, 0.6) is 0 Å². The van der Waals surface area contributed by atoms with E-state index in [0.717, 1.165) is 17.7 Å². The van der Waals surface area contributed by atoms with Gasteiger partial charge in [-0.3, -0.25) is 9.59 Å². The van der Waals surface area contributed by atoms with Crippen LogP contribution < -0.4 is 11.1 Å². The van der Waals surface area contributed by atoms with Crippen LogP contribution in [0.4, 0.5) is 0 Å². The molecule has 2 amide bonds. The highest BCUT2D eigenvalue weighted by molar-refractivity contribution is 8.00. The fourth-order valence-electron chi connectivity index (χ4n) is 4.04. The highest BCUT2D eigenvalue weighted by Crippen LogP contribution is 2.39. The van der Waals surface area contributed by atoms with E-state index in [1.165, 1.54) is 42.2 Å². The van der Waals surface area contributed by atoms with Crippen molar-refractivity contribution in [1.82, 2.24) is 5.32 Å². The first kappa shape index (κ1) is 20.5. The summed E-state index contributed by atoms with van der Waals surface area (Å²) in [4.78, 5) is 24.9. The smallest absolute Gasteiger partial charge is 0.252 e. The Morgan fingerprint density at radius 2 is 1.82 bits per heavy atom. The van der Waals surface area contributed by atoms with E-state index in [2.05, 4.69) is 36.5 Å². The van der Waals surface area contributed by atoms with Crippen LogP contribution in [0.15, 0.2) is 53.4 Å². The van der Waals surface area contributed by atoms with E-state index < -0.39 is 0 Å². The Balaban J connectivity index is 1.77. The van der Waals surface area contributed by atoms with Gasteiger partial charge in [-0.1, -0.05) is 61.2 Å². The van der Waals surface area contributed by atoms with Crippen LogP contribution in [0.3, 0.4) is 0 Å². The molecule has 0 bridgehead atoms. The minimum absolute atomic E-state index is 0.00472. The first-order valence-corrected chi connectivity index (χ1v) is 10.8. The summed E-state index contributed by atoms with van der Waals surface area (Å²) >= 11 is 1.31. The zero-order valence-electron chi connectivity index (χ0n) is 16.4. The number of primary amides is 1. The van der Waals surface area contributed by atoms with Crippen LogP contribution in [0, 0.1) is 6.92 Å². The lowest BCUT2D eigenvalue weighted by atomic mass is 9.69. The standard InChI is InChI=1S/C23H28N2O2S/c1-17-8-7-9-18(14-17)23(12-5-2-6-13-23)16-25-22(27)19-10-3-4-11-20(19)28-15-21(24)26/h3-4,7-11,14H,2,5-6,12-13,15-16H2,1H3,(H2,24,26)(H,25,27). The zero-order chi connectivity index (χ0) is 20.0. The van der Waals surface area contributed by atoms with Crippen molar-refractivity contribution in [2.75, 3.05) is 12.3 Å². The van der Waals surface area contributed by atoms with E-state index in [1.807, 2.05) is 18.2 Å². The predicted octanol–water partition coefficient (Wildman–Crippen LogP) is 4.20. The maximum absolute atomic E-state index is 13.0. The quantitative estimate of drug-likeness (QED) is 0.689. The van der Waals surface area contributed by atoms with Crippen molar-refractivity contribution < 1.29 is 9.59 Å². The normalized spacial score (nSPS) is 15.8. The van der Waals surface area contributed by atoms with Crippen molar-refractivity contribution in [1.29, 1.82) is 0 Å². The highest BCUT2D eigenvalue weighted by Gasteiger charge is 2.34. The maximum atomic E-state index is 13.0. The molecule has 3 rings (SSSR count). The average molecular weight is 397 g/mol. The molecule has 2 aromatic rings. The minimum atomic E-state index is -0.388. The molecule has 0 atom stereocenters. The van der Waals surface area contributed by atoms with Gasteiger partial charge in [0.2, 0.25) is 5.91 Å². The average Bonchev–Trinajstić information content (AvgIpc) is 2.71. The third-order valence-corrected chi connectivity index (χ3v) is 6.63. The van der Waals surface area contributed by atoms with E-state index in [-0.39, 0.29) is 23.0 Å². The lowest BCUT2D eigenvalue weighted by Crippen LogP contribution is -2.42. The summed E-state index contributed by atoms with van der Waals surface area (Å²) in [5.74, 6) is -0.316. The second-order valence-corrected chi connectivity index (χ2v) is 8.66. The molecule has 2 aromatic carbocycles. The van der Waals surface area contributed by atoms with E-state index in [9.17, 15) is 9.59 Å². The van der Waals surface area contributed by atoms with Crippen molar-refractivity contribution in [3.63, 3.8) is 0 Å². The SMILES string of the molecule is Cc1cccc(C2(CNC(=O)c3ccccc3SCC(N)=O)CCCCC2)c1. The van der Waals surface area contributed by atoms with Crippen LogP contribution in [0.2, 0.25) is 0 Å². The molecule has 0 heterocycles. The van der Waals surface area contributed by atoms with Crippen molar-refractivity contribution in [2.45, 2.75) is 49.3 Å². The number of rotatable bonds is 7. The van der Waals surface area contributed by atoms with Gasteiger partial charge in [0.1, 0.15) is 0 Å². The minimum Gasteiger partial charge on any atom is -0.369 e. The van der Waals surface area contributed by atoms with Gasteiger partial charge in [-0.2, -0.15) is 0 Å². The molecule has 0 aliphatic heterocycles. The number of aryl methyl sites for hydroxylation is 1. The van der Waals surface area contributed by atoms with Crippen molar-refractivity contribution in [2.24, 2.45) is 5.73 Å². The number of amides is 2. The molecule has 1 aliphatic carbocycles. The summed E-state index contributed by atoms with van der Waals surface area (Å²) in [5, 5.41) is 3.19. The number of hydrogen-bond donors (Lipinski definition) is 2. The lowest BCUT2D eigenvalue weighted by molar-refractivity contribution is -0.115. The van der Waals surface area contributed by atoms with Crippen LogP contribution in [0.1, 0.15) is 53.6 Å². The Bertz CT molecular complexity index is 844. The summed E-state index contributed by atoms with van der Waals surface area (Å²) in [6.45, 7) is 2.74. The Hall–Kier alpha value is -2.27. The Morgan fingerprint density at radius 3 is 2.54 bits per heavy atom. The van der Waals surface area contributed by atoms with Crippen LogP contribution in [-0.4, -0.2) is 24.1 Å². The molecule has 3 N–H and O–H groups in total. The molecule has 5 heteroatoms. The van der Waals surface area contributed by atoms with Gasteiger partial charge in [-0.05, 0) is 37.5 Å². The van der Waals surface area contributed by atoms with Crippen LogP contribution in [-0.2, 0) is 10.2 Å². The number of nitrogens with one attached hydrogen (secondary N) is 1. The van der Waals surface area contributed by atoms with Gasteiger partial charge in [0.15, 0.2) is 0 Å². The van der Waals surface area contributed by atoms with E-state index in [0.29, 0.717) is 12.1 Å². The molecule has 0 radical (unpaired) electrons. The Morgan fingerprint density at radius 1 is 1.07 bits per heavy atom. The summed E-state index contributed by atoms with van der Waals surface area (Å²) in [5.41, 5.74) is 8.43. The zero-order valence-corrected chi connectivity index (χ0v) is 17.2. The lowest BCUT2D eigenvalue weighted by Gasteiger charge is -2.38. The second kappa shape index (κ2) is 9.28. The summed E-state index contributed by atoms with van der Waals surface area (Å²) in [6, 6.07) is 16.1. The largest absolute Gasteiger partial charge is 0.369 e. The van der Waals surface area contributed by atoms with Gasteiger partial charge in [-0.25, -0.2) is 0 Å². The first-order valence-electron chi connectivity index (χ1n) is 9.86. The van der Waals surface area contributed by atoms with E-state index in [4.69, 9.17) is 5.73 Å². The molecular weight excluding hydrogens is 368 g/mol. The fraction of sp³-hybridized carbons (Fsp3) is 0.391. The molecule has 0 unspecified atom stereocenters. The van der Waals surface area contributed by atoms with Crippen molar-refractivity contribution in [3.05, 3.63) is 65.2 Å². The topological polar surface area (TPSA) is 72.2 Å². The molecule has 1 aliphatic rings. The summed E-state index contributed by atoms with van der Waals surface area (Å²) in [7, 11) is 0. The molecule has 148 valence electrons. The molecular formula is C23H28N2O2S. The number of hydrogen-bond acceptors (Lipinski definition) is 3. The Kier molecular flexibility index (Phi) is 6.79. The monoisotopic (exact) mass is 396 g/mol. The third-order valence-electron chi connectivity index (χ3n) is 5.53. The summed E-state index contributed by atoms with van der Waals surface area (Å²) < 4.78 is 0. The number of carbonyl (C=O) groups excluding carboxylic acids is 2. The molecule has 0 aromatic heterocycles. The molecule has 28 heavy (non-hydrogen) atoms. The van der Waals surface area contributed by atoms with Gasteiger partial charge in [0.25, 0.3) is 5.91 Å². The highest BCUT2D eigenvalue weighted by atomic mass is 32.2. The third kappa shape index (κ3) is 4.96. The van der Waals surface area contributed by atoms with E-state index in [1.54, 1.807) is 6.07 Å². The second-order valence-electron chi connectivity index (χ2n) is 7.64. The number of thioether (sulfide) groups is 1. The van der Waals surface area contributed by atoms with Gasteiger partial charge in [-0.15, -0.1) is 11.8 Å². The Labute approximate surface area is 171 Å². The molecule has 0 saturated heterocycles. The van der Waals surface area contributed by atoms with Gasteiger partial charge >= 0.3 is 0 Å². The molecule has 0 spiro atoms. The van der Waals surface area contributed by atoms with Crippen LogP contribution in [0.25, 0.3) is 0 Å². The number of benzene rings is 2. The van der Waals surface area contributed by atoms with Gasteiger partial charge in [0.05, 0.1) is 11.3 Å². The maximum Gasteiger partial charge on any atom is 0.252 e. The van der Waals surface area contributed by atoms with Crippen LogP contribution >= 0.6 is 11.8 Å². The summed E-state index contributed by atoms with van der Waals surface area (Å²) in [6.07, 6.45) is 5.82. The molecule has 1 fully saturated rings. The number of carbonyl (C=O) groups is 2. The predicted molar refractivity (Wildman–Crippen MR) is 115 cm³/mol. The van der Waals surface area contributed by atoms with Gasteiger partial charge in [0, 0.05) is 16.9 Å². The van der Waals surface area contributed by atoms with Gasteiger partial charge < -0.3 is 11.1 Å². The van der Waals surface area contributed by atoms with E-state index >= 15 is 0 Å². The first-order chi connectivity index (χ1) is 13.5. The molecule has 1 saturated carbocycles. The number of nitrogens with two attached hydrogens (primary N) is 1. The van der Waals surface area contributed by atoms with Crippen molar-refractivity contribution >= 4 is 23.6 Å². The van der Waals surface area contributed by atoms with Crippen molar-refractivity contribution in [3.8, 4) is 0 Å². The molecule has 4 nitrogen and oxygen atoms in total. The fourth-order valence-corrected chi connectivity index (χ4v) is 4.83.